The van der Waals surface area contributed by atoms with Crippen molar-refractivity contribution in [2.75, 3.05) is 0 Å². The topological polar surface area (TPSA) is 6.89 Å². The lowest BCUT2D eigenvalue weighted by atomic mass is 9.67. The average molecular weight is 361 g/mol. The summed E-state index contributed by atoms with van der Waals surface area (Å²) in [4.78, 5) is 0. The van der Waals surface area contributed by atoms with Gasteiger partial charge in [0.2, 0.25) is 5.69 Å². The molecule has 1 aromatic carbocycles. The van der Waals surface area contributed by atoms with E-state index in [0.29, 0.717) is 0 Å². The van der Waals surface area contributed by atoms with Crippen LogP contribution in [0.4, 0.5) is 0 Å². The first-order valence-corrected chi connectivity index (χ1v) is 9.80. The van der Waals surface area contributed by atoms with Gasteiger partial charge in [-0.15, -0.1) is 0 Å². The van der Waals surface area contributed by atoms with Gasteiger partial charge in [0.1, 0.15) is 6.72 Å². The molecule has 0 fully saturated rings. The maximum absolute atomic E-state index is 4.49. The fraction of sp³-hybridized carbons (Fsp3) is 0.360. The molecule has 0 spiro atoms. The van der Waals surface area contributed by atoms with Crippen LogP contribution in [0.2, 0.25) is 0 Å². The molecule has 0 bridgehead atoms. The standard InChI is InChI=1S/C25H32N2/c1-7-17-26(6)25(5)19-20(2)27-18-11-10-14-23(27)22-13-9-8-12-21(22)15-16-24(25,3)4/h7-14,17-18H,2,6,15-16,19H2,1,3-5H3/q+2/b17-7-. The van der Waals surface area contributed by atoms with Crippen LogP contribution in [0.1, 0.15) is 46.1 Å². The SMILES string of the molecule is C=C1CC(C)([N+](=C)/C=C\C)C(C)(C)CCc2ccccc2-c2cccc[n+]21. The molecule has 2 aromatic rings. The van der Waals surface area contributed by atoms with Crippen molar-refractivity contribution in [2.24, 2.45) is 5.41 Å². The third kappa shape index (κ3) is 3.41. The van der Waals surface area contributed by atoms with E-state index in [-0.39, 0.29) is 11.0 Å². The van der Waals surface area contributed by atoms with Crippen molar-refractivity contribution in [3.63, 3.8) is 0 Å². The Balaban J connectivity index is 2.21. The smallest absolute Gasteiger partial charge is 0.206 e. The number of rotatable bonds is 2. The number of allylic oxidation sites excluding steroid dienone is 1. The van der Waals surface area contributed by atoms with E-state index in [0.717, 1.165) is 25.0 Å². The lowest BCUT2D eigenvalue weighted by molar-refractivity contribution is -0.591. The summed E-state index contributed by atoms with van der Waals surface area (Å²) in [5.41, 5.74) is 4.90. The quantitative estimate of drug-likeness (QED) is 0.494. The number of aryl methyl sites for hydroxylation is 1. The van der Waals surface area contributed by atoms with Crippen molar-refractivity contribution in [1.29, 1.82) is 0 Å². The number of fused-ring (bicyclic) bond motifs is 3. The molecule has 2 nitrogen and oxygen atoms in total. The van der Waals surface area contributed by atoms with Crippen LogP contribution in [-0.4, -0.2) is 16.8 Å². The third-order valence-corrected chi connectivity index (χ3v) is 6.48. The molecule has 0 N–H and O–H groups in total. The third-order valence-electron chi connectivity index (χ3n) is 6.48. The van der Waals surface area contributed by atoms with Gasteiger partial charge in [-0.3, -0.25) is 0 Å². The van der Waals surface area contributed by atoms with Crippen molar-refractivity contribution in [2.45, 2.75) is 52.5 Å². The molecule has 0 saturated heterocycles. The highest BCUT2D eigenvalue weighted by atomic mass is 15.1. The van der Waals surface area contributed by atoms with E-state index >= 15 is 0 Å². The zero-order valence-corrected chi connectivity index (χ0v) is 17.2. The van der Waals surface area contributed by atoms with E-state index < -0.39 is 0 Å². The minimum atomic E-state index is -0.150. The normalized spacial score (nSPS) is 22.1. The molecular weight excluding hydrogens is 328 g/mol. The Hall–Kier alpha value is -2.48. The van der Waals surface area contributed by atoms with Gasteiger partial charge in [-0.1, -0.05) is 32.0 Å². The highest BCUT2D eigenvalue weighted by Crippen LogP contribution is 2.43. The molecule has 0 saturated carbocycles. The molecule has 1 aromatic heterocycles. The molecule has 3 rings (SSSR count). The van der Waals surface area contributed by atoms with Gasteiger partial charge >= 0.3 is 0 Å². The predicted molar refractivity (Wildman–Crippen MR) is 115 cm³/mol. The van der Waals surface area contributed by atoms with Gasteiger partial charge in [-0.2, -0.15) is 4.57 Å². The average Bonchev–Trinajstić information content (AvgIpc) is 2.66. The van der Waals surface area contributed by atoms with Crippen molar-refractivity contribution in [3.05, 3.63) is 73.1 Å². The minimum absolute atomic E-state index is 0.0527. The first-order chi connectivity index (χ1) is 12.8. The van der Waals surface area contributed by atoms with E-state index in [2.05, 4.69) is 104 Å². The zero-order valence-electron chi connectivity index (χ0n) is 17.2. The zero-order chi connectivity index (χ0) is 19.7. The number of hydrogen-bond acceptors (Lipinski definition) is 0. The monoisotopic (exact) mass is 360 g/mol. The highest BCUT2D eigenvalue weighted by molar-refractivity contribution is 5.62. The van der Waals surface area contributed by atoms with E-state index in [1.165, 1.54) is 16.8 Å². The lowest BCUT2D eigenvalue weighted by Gasteiger charge is -2.40. The molecule has 1 unspecified atom stereocenters. The van der Waals surface area contributed by atoms with Gasteiger partial charge in [0.05, 0.1) is 6.42 Å². The molecule has 1 aliphatic rings. The van der Waals surface area contributed by atoms with Gasteiger partial charge < -0.3 is 0 Å². The van der Waals surface area contributed by atoms with E-state index in [4.69, 9.17) is 0 Å². The summed E-state index contributed by atoms with van der Waals surface area (Å²) >= 11 is 0. The molecular formula is C25H32N2+2. The Morgan fingerprint density at radius 3 is 2.52 bits per heavy atom. The molecule has 140 valence electrons. The molecule has 2 heterocycles. The summed E-state index contributed by atoms with van der Waals surface area (Å²) < 4.78 is 4.39. The fourth-order valence-electron chi connectivity index (χ4n) is 4.20. The van der Waals surface area contributed by atoms with E-state index in [1.807, 2.05) is 6.92 Å². The summed E-state index contributed by atoms with van der Waals surface area (Å²) in [6.45, 7) is 18.0. The summed E-state index contributed by atoms with van der Waals surface area (Å²) in [5, 5.41) is 0. The van der Waals surface area contributed by atoms with Crippen molar-refractivity contribution in [3.8, 4) is 11.3 Å². The second kappa shape index (κ2) is 7.26. The van der Waals surface area contributed by atoms with Gasteiger partial charge in [0, 0.05) is 30.0 Å². The number of nitrogens with zero attached hydrogens (tertiary/aromatic N) is 2. The molecule has 1 atom stereocenters. The van der Waals surface area contributed by atoms with E-state index in [9.17, 15) is 0 Å². The Kier molecular flexibility index (Phi) is 5.19. The van der Waals surface area contributed by atoms with Crippen LogP contribution >= 0.6 is 0 Å². The number of hydrogen-bond donors (Lipinski definition) is 0. The van der Waals surface area contributed by atoms with Crippen LogP contribution < -0.4 is 4.57 Å². The molecule has 2 heteroatoms. The van der Waals surface area contributed by atoms with Gasteiger partial charge in [0.15, 0.2) is 23.6 Å². The largest absolute Gasteiger partial charge is 0.218 e. The summed E-state index contributed by atoms with van der Waals surface area (Å²) in [7, 11) is 0. The molecule has 0 aliphatic carbocycles. The van der Waals surface area contributed by atoms with Crippen LogP contribution in [0, 0.1) is 5.41 Å². The Morgan fingerprint density at radius 2 is 1.78 bits per heavy atom. The van der Waals surface area contributed by atoms with Crippen LogP contribution in [0.15, 0.2) is 67.5 Å². The summed E-state index contributed by atoms with van der Waals surface area (Å²) in [5.74, 6) is 0. The minimum Gasteiger partial charge on any atom is -0.206 e. The summed E-state index contributed by atoms with van der Waals surface area (Å²) in [6.07, 6.45) is 9.26. The van der Waals surface area contributed by atoms with Crippen LogP contribution in [0.5, 0.6) is 0 Å². The van der Waals surface area contributed by atoms with Crippen LogP contribution in [-0.2, 0) is 6.42 Å². The summed E-state index contributed by atoms with van der Waals surface area (Å²) in [6, 6.07) is 15.2. The van der Waals surface area contributed by atoms with Crippen LogP contribution in [0.25, 0.3) is 17.0 Å². The maximum Gasteiger partial charge on any atom is 0.218 e. The Bertz CT molecular complexity index is 904. The van der Waals surface area contributed by atoms with Crippen molar-refractivity contribution < 1.29 is 9.14 Å². The van der Waals surface area contributed by atoms with Crippen molar-refractivity contribution >= 4 is 12.4 Å². The van der Waals surface area contributed by atoms with Crippen molar-refractivity contribution in [1.82, 2.24) is 0 Å². The second-order valence-electron chi connectivity index (χ2n) is 8.47. The van der Waals surface area contributed by atoms with Crippen LogP contribution in [0.3, 0.4) is 0 Å². The number of pyridine rings is 1. The molecule has 1 aliphatic heterocycles. The first kappa shape index (κ1) is 19.3. The lowest BCUT2D eigenvalue weighted by Crippen LogP contribution is -2.52. The Morgan fingerprint density at radius 1 is 1.07 bits per heavy atom. The predicted octanol–water partition coefficient (Wildman–Crippen LogP) is 5.48. The molecule has 0 amide bonds. The molecule has 27 heavy (non-hydrogen) atoms. The van der Waals surface area contributed by atoms with Gasteiger partial charge in [-0.05, 0) is 50.1 Å². The highest BCUT2D eigenvalue weighted by Gasteiger charge is 2.51. The molecule has 0 radical (unpaired) electrons. The maximum atomic E-state index is 4.49. The first-order valence-electron chi connectivity index (χ1n) is 9.80. The second-order valence-corrected chi connectivity index (χ2v) is 8.47. The fourth-order valence-corrected chi connectivity index (χ4v) is 4.20. The van der Waals surface area contributed by atoms with Gasteiger partial charge in [-0.25, -0.2) is 4.58 Å². The van der Waals surface area contributed by atoms with Gasteiger partial charge in [0.25, 0.3) is 0 Å². The number of aromatic nitrogens is 1. The number of benzene rings is 1. The Labute approximate surface area is 164 Å². The van der Waals surface area contributed by atoms with E-state index in [1.54, 1.807) is 0 Å².